The Morgan fingerprint density at radius 2 is 1.65 bits per heavy atom. The summed E-state index contributed by atoms with van der Waals surface area (Å²) in [5, 5.41) is 2.85. The van der Waals surface area contributed by atoms with Crippen LogP contribution in [0.1, 0.15) is 33.6 Å². The van der Waals surface area contributed by atoms with Crippen molar-refractivity contribution in [3.05, 3.63) is 54.6 Å². The Balaban J connectivity index is 1.86. The number of hydrogen-bond acceptors (Lipinski definition) is 3. The molecule has 0 radical (unpaired) electrons. The summed E-state index contributed by atoms with van der Waals surface area (Å²) in [7, 11) is 0. The van der Waals surface area contributed by atoms with Crippen LogP contribution in [0.4, 0.5) is 5.69 Å². The first-order chi connectivity index (χ1) is 12.5. The van der Waals surface area contributed by atoms with Crippen LogP contribution < -0.4 is 10.1 Å². The Bertz CT molecular complexity index is 714. The topological polar surface area (TPSA) is 58.6 Å². The highest BCUT2D eigenvalue weighted by molar-refractivity contribution is 5.91. The molecule has 5 heteroatoms. The predicted octanol–water partition coefficient (Wildman–Crippen LogP) is 4.45. The highest BCUT2D eigenvalue weighted by Gasteiger charge is 2.16. The molecular weight excluding hydrogens is 328 g/mol. The monoisotopic (exact) mass is 354 g/mol. The van der Waals surface area contributed by atoms with Crippen molar-refractivity contribution in [2.75, 3.05) is 11.9 Å². The molecule has 0 aliphatic rings. The standard InChI is InChI=1S/C21H26N2O3/c1-4-16(2)23(17(3)24)15-14-21(25)22-18-10-12-20(13-11-18)26-19-8-6-5-7-9-19/h5-13,16H,4,14-15H2,1-3H3,(H,22,25). The van der Waals surface area contributed by atoms with Crippen molar-refractivity contribution < 1.29 is 14.3 Å². The number of ether oxygens (including phenoxy) is 1. The van der Waals surface area contributed by atoms with Gasteiger partial charge in [0.2, 0.25) is 11.8 Å². The molecule has 0 aromatic heterocycles. The van der Waals surface area contributed by atoms with E-state index in [0.29, 0.717) is 18.0 Å². The van der Waals surface area contributed by atoms with E-state index in [9.17, 15) is 9.59 Å². The van der Waals surface area contributed by atoms with E-state index in [0.717, 1.165) is 12.2 Å². The minimum atomic E-state index is -0.115. The molecule has 138 valence electrons. The van der Waals surface area contributed by atoms with Gasteiger partial charge in [0.25, 0.3) is 0 Å². The molecule has 1 N–H and O–H groups in total. The fourth-order valence-electron chi connectivity index (χ4n) is 2.58. The minimum absolute atomic E-state index is 0.00503. The molecule has 0 aliphatic carbocycles. The fraction of sp³-hybridized carbons (Fsp3) is 0.333. The molecular formula is C21H26N2O3. The van der Waals surface area contributed by atoms with Gasteiger partial charge in [0, 0.05) is 31.6 Å². The maximum absolute atomic E-state index is 12.1. The van der Waals surface area contributed by atoms with E-state index in [2.05, 4.69) is 5.32 Å². The number of nitrogens with zero attached hydrogens (tertiary/aromatic N) is 1. The van der Waals surface area contributed by atoms with Crippen molar-refractivity contribution in [3.8, 4) is 11.5 Å². The van der Waals surface area contributed by atoms with Crippen molar-refractivity contribution in [2.24, 2.45) is 0 Å². The van der Waals surface area contributed by atoms with Crippen LogP contribution in [0.5, 0.6) is 11.5 Å². The lowest BCUT2D eigenvalue weighted by Gasteiger charge is -2.27. The van der Waals surface area contributed by atoms with Crippen LogP contribution in [0.3, 0.4) is 0 Å². The van der Waals surface area contributed by atoms with E-state index in [4.69, 9.17) is 4.74 Å². The Kier molecular flexibility index (Phi) is 7.21. The first kappa shape index (κ1) is 19.5. The third-order valence-corrected chi connectivity index (χ3v) is 4.22. The Morgan fingerprint density at radius 1 is 1.04 bits per heavy atom. The van der Waals surface area contributed by atoms with Crippen LogP contribution in [0.2, 0.25) is 0 Å². The van der Waals surface area contributed by atoms with E-state index in [1.54, 1.807) is 17.0 Å². The molecule has 0 saturated heterocycles. The number of hydrogen-bond donors (Lipinski definition) is 1. The van der Waals surface area contributed by atoms with Crippen LogP contribution >= 0.6 is 0 Å². The second-order valence-electron chi connectivity index (χ2n) is 6.21. The van der Waals surface area contributed by atoms with Crippen LogP contribution in [-0.2, 0) is 9.59 Å². The Labute approximate surface area is 155 Å². The molecule has 2 aromatic carbocycles. The number of carbonyl (C=O) groups excluding carboxylic acids is 2. The van der Waals surface area contributed by atoms with Crippen LogP contribution in [0.25, 0.3) is 0 Å². The van der Waals surface area contributed by atoms with Gasteiger partial charge < -0.3 is 15.0 Å². The first-order valence-electron chi connectivity index (χ1n) is 8.89. The van der Waals surface area contributed by atoms with Gasteiger partial charge in [-0.1, -0.05) is 25.1 Å². The molecule has 0 bridgehead atoms. The Morgan fingerprint density at radius 3 is 2.23 bits per heavy atom. The highest BCUT2D eigenvalue weighted by Crippen LogP contribution is 2.22. The molecule has 26 heavy (non-hydrogen) atoms. The van der Waals surface area contributed by atoms with Gasteiger partial charge in [-0.2, -0.15) is 0 Å². The molecule has 1 unspecified atom stereocenters. The summed E-state index contributed by atoms with van der Waals surface area (Å²) < 4.78 is 5.73. The predicted molar refractivity (Wildman–Crippen MR) is 103 cm³/mol. The summed E-state index contributed by atoms with van der Waals surface area (Å²) >= 11 is 0. The number of nitrogens with one attached hydrogen (secondary N) is 1. The number of benzene rings is 2. The van der Waals surface area contributed by atoms with Crippen LogP contribution in [-0.4, -0.2) is 29.3 Å². The third kappa shape index (κ3) is 5.92. The minimum Gasteiger partial charge on any atom is -0.457 e. The largest absolute Gasteiger partial charge is 0.457 e. The van der Waals surface area contributed by atoms with Crippen molar-refractivity contribution in [3.63, 3.8) is 0 Å². The van der Waals surface area contributed by atoms with Crippen LogP contribution in [0.15, 0.2) is 54.6 Å². The van der Waals surface area contributed by atoms with E-state index in [1.165, 1.54) is 6.92 Å². The van der Waals surface area contributed by atoms with Gasteiger partial charge in [0.05, 0.1) is 0 Å². The first-order valence-corrected chi connectivity index (χ1v) is 8.89. The van der Waals surface area contributed by atoms with Gasteiger partial charge in [-0.15, -0.1) is 0 Å². The zero-order chi connectivity index (χ0) is 18.9. The Hall–Kier alpha value is -2.82. The summed E-state index contributed by atoms with van der Waals surface area (Å²) in [4.78, 5) is 25.6. The molecule has 0 spiro atoms. The molecule has 0 saturated carbocycles. The van der Waals surface area contributed by atoms with Gasteiger partial charge in [-0.05, 0) is 49.7 Å². The zero-order valence-electron chi connectivity index (χ0n) is 15.6. The molecule has 2 aromatic rings. The molecule has 2 amide bonds. The molecule has 1 atom stereocenters. The fourth-order valence-corrected chi connectivity index (χ4v) is 2.58. The van der Waals surface area contributed by atoms with Crippen molar-refractivity contribution in [1.82, 2.24) is 4.90 Å². The van der Waals surface area contributed by atoms with E-state index in [1.807, 2.05) is 56.3 Å². The maximum atomic E-state index is 12.1. The van der Waals surface area contributed by atoms with Gasteiger partial charge in [-0.3, -0.25) is 9.59 Å². The summed E-state index contributed by atoms with van der Waals surface area (Å²) in [6.45, 7) is 5.98. The lowest BCUT2D eigenvalue weighted by Crippen LogP contribution is -2.38. The van der Waals surface area contributed by atoms with E-state index >= 15 is 0 Å². The van der Waals surface area contributed by atoms with E-state index in [-0.39, 0.29) is 24.3 Å². The van der Waals surface area contributed by atoms with Gasteiger partial charge in [0.15, 0.2) is 0 Å². The number of rotatable bonds is 8. The lowest BCUT2D eigenvalue weighted by atomic mass is 10.2. The van der Waals surface area contributed by atoms with E-state index < -0.39 is 0 Å². The quantitative estimate of drug-likeness (QED) is 0.762. The molecule has 5 nitrogen and oxygen atoms in total. The summed E-state index contributed by atoms with van der Waals surface area (Å²) in [5.74, 6) is 1.35. The second kappa shape index (κ2) is 9.61. The zero-order valence-corrected chi connectivity index (χ0v) is 15.6. The van der Waals surface area contributed by atoms with Gasteiger partial charge in [0.1, 0.15) is 11.5 Å². The summed E-state index contributed by atoms with van der Waals surface area (Å²) in [6, 6.07) is 16.9. The molecule has 0 aliphatic heterocycles. The third-order valence-electron chi connectivity index (χ3n) is 4.22. The molecule has 0 fully saturated rings. The average molecular weight is 354 g/mol. The number of carbonyl (C=O) groups is 2. The second-order valence-corrected chi connectivity index (χ2v) is 6.21. The number of amides is 2. The van der Waals surface area contributed by atoms with Gasteiger partial charge in [-0.25, -0.2) is 0 Å². The van der Waals surface area contributed by atoms with Crippen molar-refractivity contribution in [1.29, 1.82) is 0 Å². The van der Waals surface area contributed by atoms with Crippen molar-refractivity contribution >= 4 is 17.5 Å². The summed E-state index contributed by atoms with van der Waals surface area (Å²) in [5.41, 5.74) is 0.702. The smallest absolute Gasteiger partial charge is 0.226 e. The number of para-hydroxylation sites is 1. The van der Waals surface area contributed by atoms with Crippen molar-refractivity contribution in [2.45, 2.75) is 39.7 Å². The lowest BCUT2D eigenvalue weighted by molar-refractivity contribution is -0.131. The van der Waals surface area contributed by atoms with Gasteiger partial charge >= 0.3 is 0 Å². The average Bonchev–Trinajstić information content (AvgIpc) is 2.64. The van der Waals surface area contributed by atoms with Crippen LogP contribution in [0, 0.1) is 0 Å². The summed E-state index contributed by atoms with van der Waals surface area (Å²) in [6.07, 6.45) is 1.14. The molecule has 2 rings (SSSR count). The SMILES string of the molecule is CCC(C)N(CCC(=O)Nc1ccc(Oc2ccccc2)cc1)C(C)=O. The maximum Gasteiger partial charge on any atom is 0.226 e. The highest BCUT2D eigenvalue weighted by atomic mass is 16.5. The normalized spacial score (nSPS) is 11.5. The number of anilines is 1. The molecule has 0 heterocycles.